The van der Waals surface area contributed by atoms with Crippen LogP contribution >= 0.6 is 0 Å². The van der Waals surface area contributed by atoms with Crippen molar-refractivity contribution in [2.45, 2.75) is 37.5 Å². The first-order chi connectivity index (χ1) is 22.9. The molecular formula is C37H38N4O6S. The molecule has 0 aliphatic rings. The number of nitrogens with zero attached hydrogens (tertiary/aromatic N) is 1. The van der Waals surface area contributed by atoms with Gasteiger partial charge in [-0.1, -0.05) is 45.0 Å². The number of anilines is 2. The summed E-state index contributed by atoms with van der Waals surface area (Å²) in [6.07, 6.45) is 3.66. The second-order valence-corrected chi connectivity index (χ2v) is 13.5. The van der Waals surface area contributed by atoms with E-state index in [1.807, 2.05) is 69.3 Å². The maximum Gasteiger partial charge on any atom is 0.323 e. The fourth-order valence-electron chi connectivity index (χ4n) is 5.27. The lowest BCUT2D eigenvalue weighted by molar-refractivity contribution is 0.0999. The number of benzene rings is 4. The molecule has 0 saturated heterocycles. The van der Waals surface area contributed by atoms with Gasteiger partial charge in [0.25, 0.3) is 0 Å². The molecule has 3 amide bonds. The summed E-state index contributed by atoms with van der Waals surface area (Å²) in [6.45, 7) is 6.14. The molecule has 1 atom stereocenters. The molecule has 0 fully saturated rings. The van der Waals surface area contributed by atoms with Crippen LogP contribution in [0.25, 0.3) is 10.8 Å². The van der Waals surface area contributed by atoms with Crippen molar-refractivity contribution >= 4 is 44.9 Å². The molecule has 1 heterocycles. The number of nitrogens with two attached hydrogens (primary N) is 1. The first-order valence-corrected chi connectivity index (χ1v) is 16.7. The largest absolute Gasteiger partial charge is 0.497 e. The van der Waals surface area contributed by atoms with Crippen LogP contribution in [0.15, 0.2) is 90.0 Å². The summed E-state index contributed by atoms with van der Waals surface area (Å²) in [5.74, 6) is 1.49. The Morgan fingerprint density at radius 3 is 2.25 bits per heavy atom. The minimum atomic E-state index is -1.34. The summed E-state index contributed by atoms with van der Waals surface area (Å²) in [6, 6.07) is 23.1. The Hall–Kier alpha value is -5.42. The van der Waals surface area contributed by atoms with Crippen LogP contribution in [0, 0.1) is 0 Å². The van der Waals surface area contributed by atoms with Gasteiger partial charge in [-0.3, -0.25) is 14.0 Å². The van der Waals surface area contributed by atoms with Gasteiger partial charge in [0.1, 0.15) is 17.2 Å². The summed E-state index contributed by atoms with van der Waals surface area (Å²) >= 11 is 0. The van der Waals surface area contributed by atoms with Gasteiger partial charge < -0.3 is 30.6 Å². The SMILES string of the molecule is COc1cc(Cc2cc(Oc3ccc(NC(=O)Nc4cc(C(C)(C)C)cc(S(C)=O)c4OC)c4ccccc34)ccn2)cc(C(N)=O)c1. The van der Waals surface area contributed by atoms with E-state index < -0.39 is 22.7 Å². The molecule has 0 radical (unpaired) electrons. The van der Waals surface area contributed by atoms with Gasteiger partial charge in [-0.2, -0.15) is 0 Å². The second kappa shape index (κ2) is 14.1. The van der Waals surface area contributed by atoms with E-state index in [0.717, 1.165) is 27.6 Å². The number of aromatic nitrogens is 1. The second-order valence-electron chi connectivity index (χ2n) is 12.2. The number of hydrogen-bond acceptors (Lipinski definition) is 7. The first kappa shape index (κ1) is 33.9. The summed E-state index contributed by atoms with van der Waals surface area (Å²) in [7, 11) is 1.68. The van der Waals surface area contributed by atoms with Crippen LogP contribution in [-0.4, -0.2) is 41.6 Å². The molecule has 0 aliphatic carbocycles. The van der Waals surface area contributed by atoms with Gasteiger partial charge in [-0.15, -0.1) is 0 Å². The quantitative estimate of drug-likeness (QED) is 0.141. The first-order valence-electron chi connectivity index (χ1n) is 15.1. The van der Waals surface area contributed by atoms with Gasteiger partial charge in [-0.25, -0.2) is 4.79 Å². The normalized spacial score (nSPS) is 11.9. The molecule has 0 saturated carbocycles. The minimum absolute atomic E-state index is 0.252. The molecular weight excluding hydrogens is 628 g/mol. The molecule has 1 unspecified atom stereocenters. The van der Waals surface area contributed by atoms with E-state index in [4.69, 9.17) is 19.9 Å². The number of ether oxygens (including phenoxy) is 3. The molecule has 0 bridgehead atoms. The standard InChI is InChI=1S/C37H38N4O6S/c1-37(2,3)24-19-31(34(46-5)33(20-24)48(6)44)41-36(43)40-30-11-12-32(29-10-8-7-9-28(29)30)47-26-13-14-39-25(21-26)16-22-15-23(35(38)42)18-27(17-22)45-4/h7-15,17-21H,16H2,1-6H3,(H2,38,42)(H2,40,41,43). The molecule has 5 rings (SSSR count). The topological polar surface area (TPSA) is 142 Å². The fourth-order valence-corrected chi connectivity index (χ4v) is 6.02. The van der Waals surface area contributed by atoms with Crippen LogP contribution in [0.2, 0.25) is 0 Å². The molecule has 5 aromatic rings. The van der Waals surface area contributed by atoms with Crippen molar-refractivity contribution < 1.29 is 28.0 Å². The monoisotopic (exact) mass is 666 g/mol. The number of rotatable bonds is 10. The zero-order valence-electron chi connectivity index (χ0n) is 27.7. The summed E-state index contributed by atoms with van der Waals surface area (Å²) in [5.41, 5.74) is 9.04. The summed E-state index contributed by atoms with van der Waals surface area (Å²) in [4.78, 5) is 30.2. The highest BCUT2D eigenvalue weighted by atomic mass is 32.2. The van der Waals surface area contributed by atoms with Crippen molar-refractivity contribution in [2.75, 3.05) is 31.1 Å². The van der Waals surface area contributed by atoms with E-state index in [2.05, 4.69) is 15.6 Å². The van der Waals surface area contributed by atoms with Gasteiger partial charge >= 0.3 is 6.03 Å². The molecule has 0 spiro atoms. The minimum Gasteiger partial charge on any atom is -0.497 e. The average Bonchev–Trinajstić information content (AvgIpc) is 3.05. The van der Waals surface area contributed by atoms with Crippen molar-refractivity contribution in [1.29, 1.82) is 0 Å². The average molecular weight is 667 g/mol. The highest BCUT2D eigenvalue weighted by molar-refractivity contribution is 7.84. The van der Waals surface area contributed by atoms with Crippen LogP contribution in [0.1, 0.15) is 48.0 Å². The number of primary amides is 1. The number of methoxy groups -OCH3 is 2. The van der Waals surface area contributed by atoms with Crippen LogP contribution in [0.4, 0.5) is 16.2 Å². The van der Waals surface area contributed by atoms with E-state index in [1.54, 1.807) is 42.8 Å². The van der Waals surface area contributed by atoms with Crippen molar-refractivity contribution in [3.05, 3.63) is 107 Å². The van der Waals surface area contributed by atoms with E-state index in [1.165, 1.54) is 14.2 Å². The maximum absolute atomic E-state index is 13.4. The highest BCUT2D eigenvalue weighted by Gasteiger charge is 2.22. The van der Waals surface area contributed by atoms with E-state index in [9.17, 15) is 13.8 Å². The molecule has 248 valence electrons. The molecule has 48 heavy (non-hydrogen) atoms. The molecule has 0 aliphatic heterocycles. The highest BCUT2D eigenvalue weighted by Crippen LogP contribution is 2.38. The number of nitrogens with one attached hydrogen (secondary N) is 2. The number of carbonyl (C=O) groups excluding carboxylic acids is 2. The number of hydrogen-bond donors (Lipinski definition) is 3. The third kappa shape index (κ3) is 7.75. The Morgan fingerprint density at radius 2 is 1.58 bits per heavy atom. The third-order valence-electron chi connectivity index (χ3n) is 7.70. The molecule has 10 nitrogen and oxygen atoms in total. The van der Waals surface area contributed by atoms with Gasteiger partial charge in [0.2, 0.25) is 5.91 Å². The van der Waals surface area contributed by atoms with Crippen LogP contribution in [0.5, 0.6) is 23.0 Å². The Kier molecular flexibility index (Phi) is 10.00. The Labute approximate surface area is 282 Å². The molecule has 4 aromatic carbocycles. The lowest BCUT2D eigenvalue weighted by Gasteiger charge is -2.23. The van der Waals surface area contributed by atoms with Gasteiger partial charge in [0.05, 0.1) is 41.3 Å². The number of amides is 3. The lowest BCUT2D eigenvalue weighted by atomic mass is 9.86. The number of carbonyl (C=O) groups is 2. The van der Waals surface area contributed by atoms with Crippen molar-refractivity contribution in [3.63, 3.8) is 0 Å². The smallest absolute Gasteiger partial charge is 0.323 e. The zero-order chi connectivity index (χ0) is 34.6. The van der Waals surface area contributed by atoms with Gasteiger partial charge in [-0.05, 0) is 65.1 Å². The summed E-state index contributed by atoms with van der Waals surface area (Å²) in [5, 5.41) is 7.39. The van der Waals surface area contributed by atoms with Gasteiger partial charge in [0, 0.05) is 47.0 Å². The zero-order valence-corrected chi connectivity index (χ0v) is 28.5. The van der Waals surface area contributed by atoms with E-state index >= 15 is 0 Å². The van der Waals surface area contributed by atoms with E-state index in [-0.39, 0.29) is 5.41 Å². The Morgan fingerprint density at radius 1 is 0.854 bits per heavy atom. The van der Waals surface area contributed by atoms with Gasteiger partial charge in [0.15, 0.2) is 5.75 Å². The van der Waals surface area contributed by atoms with Crippen LogP contribution < -0.4 is 30.6 Å². The predicted molar refractivity (Wildman–Crippen MR) is 189 cm³/mol. The lowest BCUT2D eigenvalue weighted by Crippen LogP contribution is -2.21. The number of urea groups is 1. The van der Waals surface area contributed by atoms with Crippen molar-refractivity contribution in [2.24, 2.45) is 5.73 Å². The van der Waals surface area contributed by atoms with Crippen LogP contribution in [-0.2, 0) is 22.6 Å². The maximum atomic E-state index is 13.4. The van der Waals surface area contributed by atoms with Crippen molar-refractivity contribution in [3.8, 4) is 23.0 Å². The molecule has 4 N–H and O–H groups in total. The van der Waals surface area contributed by atoms with Crippen LogP contribution in [0.3, 0.4) is 0 Å². The molecule has 11 heteroatoms. The Bertz CT molecular complexity index is 2040. The third-order valence-corrected chi connectivity index (χ3v) is 8.63. The predicted octanol–water partition coefficient (Wildman–Crippen LogP) is 7.41. The van der Waals surface area contributed by atoms with Crippen molar-refractivity contribution in [1.82, 2.24) is 4.98 Å². The van der Waals surface area contributed by atoms with E-state index in [0.29, 0.717) is 51.3 Å². The number of fused-ring (bicyclic) bond motifs is 1. The summed E-state index contributed by atoms with van der Waals surface area (Å²) < 4.78 is 29.8. The molecule has 1 aromatic heterocycles. The number of pyridine rings is 1. The Balaban J connectivity index is 1.39. The fraction of sp³-hybridized carbons (Fsp3) is 0.216.